The van der Waals surface area contributed by atoms with Gasteiger partial charge in [-0.3, -0.25) is 0 Å². The molecule has 2 heterocycles. The molecule has 0 spiro atoms. The normalized spacial score (nSPS) is 11.2. The Labute approximate surface area is 125 Å². The summed E-state index contributed by atoms with van der Waals surface area (Å²) in [6.45, 7) is 5.88. The Hall–Kier alpha value is -1.52. The Morgan fingerprint density at radius 3 is 2.55 bits per heavy atom. The summed E-state index contributed by atoms with van der Waals surface area (Å²) in [5.74, 6) is 0.171. The van der Waals surface area contributed by atoms with Crippen LogP contribution in [-0.4, -0.2) is 9.97 Å². The molecule has 0 atom stereocenters. The molecule has 102 valence electrons. The number of hydrogen-bond acceptors (Lipinski definition) is 3. The number of aromatic nitrogens is 2. The summed E-state index contributed by atoms with van der Waals surface area (Å²) in [6.07, 6.45) is 0. The SMILES string of the molecule is Cc1cc(F)cc(-c2nc(Cl)c3c(C)c(C)sc3n2)c1. The van der Waals surface area contributed by atoms with E-state index in [1.165, 1.54) is 17.0 Å². The fraction of sp³-hybridized carbons (Fsp3) is 0.200. The van der Waals surface area contributed by atoms with E-state index in [-0.39, 0.29) is 5.82 Å². The largest absolute Gasteiger partial charge is 0.217 e. The van der Waals surface area contributed by atoms with Crippen LogP contribution in [0.5, 0.6) is 0 Å². The second-order valence-electron chi connectivity index (χ2n) is 4.82. The third-order valence-corrected chi connectivity index (χ3v) is 4.66. The van der Waals surface area contributed by atoms with Gasteiger partial charge in [-0.1, -0.05) is 11.6 Å². The molecular formula is C15H12ClFN2S. The van der Waals surface area contributed by atoms with Gasteiger partial charge in [0, 0.05) is 10.4 Å². The first-order valence-electron chi connectivity index (χ1n) is 6.16. The summed E-state index contributed by atoms with van der Waals surface area (Å²) in [5.41, 5.74) is 2.59. The Balaban J connectivity index is 2.27. The fourth-order valence-electron chi connectivity index (χ4n) is 2.20. The Kier molecular flexibility index (Phi) is 3.22. The zero-order chi connectivity index (χ0) is 14.4. The number of aryl methyl sites for hydroxylation is 3. The molecule has 0 saturated heterocycles. The summed E-state index contributed by atoms with van der Waals surface area (Å²) in [6, 6.07) is 4.76. The average Bonchev–Trinajstić information content (AvgIpc) is 2.64. The van der Waals surface area contributed by atoms with Crippen LogP contribution in [0.2, 0.25) is 5.15 Å². The standard InChI is InChI=1S/C15H12ClFN2S/c1-7-4-10(6-11(17)5-7)14-18-13(16)12-8(2)9(3)20-15(12)19-14/h4-6H,1-3H3. The van der Waals surface area contributed by atoms with Crippen LogP contribution in [0.15, 0.2) is 18.2 Å². The highest BCUT2D eigenvalue weighted by Gasteiger charge is 2.14. The number of fused-ring (bicyclic) bond motifs is 1. The van der Waals surface area contributed by atoms with Crippen molar-refractivity contribution in [3.05, 3.63) is 45.2 Å². The summed E-state index contributed by atoms with van der Waals surface area (Å²) in [5, 5.41) is 1.32. The zero-order valence-electron chi connectivity index (χ0n) is 11.3. The first-order chi connectivity index (χ1) is 9.45. The van der Waals surface area contributed by atoms with E-state index in [1.54, 1.807) is 11.3 Å². The van der Waals surface area contributed by atoms with Crippen LogP contribution in [0.3, 0.4) is 0 Å². The van der Waals surface area contributed by atoms with Gasteiger partial charge in [0.05, 0.1) is 5.39 Å². The third-order valence-electron chi connectivity index (χ3n) is 3.28. The van der Waals surface area contributed by atoms with Gasteiger partial charge in [-0.15, -0.1) is 11.3 Å². The second-order valence-corrected chi connectivity index (χ2v) is 6.38. The molecule has 0 aliphatic rings. The van der Waals surface area contributed by atoms with Gasteiger partial charge in [0.1, 0.15) is 15.8 Å². The highest BCUT2D eigenvalue weighted by Crippen LogP contribution is 2.34. The third kappa shape index (κ3) is 2.19. The lowest BCUT2D eigenvalue weighted by Crippen LogP contribution is -1.92. The quantitative estimate of drug-likeness (QED) is 0.586. The predicted molar refractivity (Wildman–Crippen MR) is 82.0 cm³/mol. The molecule has 3 rings (SSSR count). The highest BCUT2D eigenvalue weighted by molar-refractivity contribution is 7.18. The summed E-state index contributed by atoms with van der Waals surface area (Å²) >= 11 is 7.85. The predicted octanol–water partition coefficient (Wildman–Crippen LogP) is 5.08. The first kappa shape index (κ1) is 13.5. The topological polar surface area (TPSA) is 25.8 Å². The Morgan fingerprint density at radius 1 is 1.10 bits per heavy atom. The van der Waals surface area contributed by atoms with E-state index < -0.39 is 0 Å². The van der Waals surface area contributed by atoms with Gasteiger partial charge in [0.15, 0.2) is 5.82 Å². The number of rotatable bonds is 1. The van der Waals surface area contributed by atoms with E-state index in [0.717, 1.165) is 21.3 Å². The number of benzene rings is 1. The molecule has 5 heteroatoms. The molecule has 3 aromatic rings. The Bertz CT molecular complexity index is 806. The summed E-state index contributed by atoms with van der Waals surface area (Å²) in [7, 11) is 0. The maximum absolute atomic E-state index is 13.5. The number of nitrogens with zero attached hydrogens (tertiary/aromatic N) is 2. The maximum atomic E-state index is 13.5. The minimum absolute atomic E-state index is 0.293. The molecule has 0 fully saturated rings. The zero-order valence-corrected chi connectivity index (χ0v) is 12.9. The van der Waals surface area contributed by atoms with Crippen molar-refractivity contribution in [2.75, 3.05) is 0 Å². The highest BCUT2D eigenvalue weighted by atomic mass is 35.5. The lowest BCUT2D eigenvalue weighted by atomic mass is 10.1. The van der Waals surface area contributed by atoms with Gasteiger partial charge < -0.3 is 0 Å². The molecule has 0 radical (unpaired) electrons. The molecule has 0 amide bonds. The smallest absolute Gasteiger partial charge is 0.162 e. The lowest BCUT2D eigenvalue weighted by Gasteiger charge is -2.04. The van der Waals surface area contributed by atoms with Crippen LogP contribution in [0.25, 0.3) is 21.6 Å². The molecule has 2 aromatic heterocycles. The van der Waals surface area contributed by atoms with Gasteiger partial charge in [0.2, 0.25) is 0 Å². The van der Waals surface area contributed by atoms with Gasteiger partial charge in [-0.05, 0) is 50.1 Å². The van der Waals surface area contributed by atoms with Crippen molar-refractivity contribution in [1.29, 1.82) is 0 Å². The summed E-state index contributed by atoms with van der Waals surface area (Å²) < 4.78 is 13.5. The minimum atomic E-state index is -0.293. The van der Waals surface area contributed by atoms with Crippen molar-refractivity contribution in [2.45, 2.75) is 20.8 Å². The minimum Gasteiger partial charge on any atom is -0.217 e. The second kappa shape index (κ2) is 4.79. The van der Waals surface area contributed by atoms with Crippen LogP contribution in [-0.2, 0) is 0 Å². The molecule has 0 bridgehead atoms. The van der Waals surface area contributed by atoms with E-state index >= 15 is 0 Å². The van der Waals surface area contributed by atoms with E-state index in [4.69, 9.17) is 11.6 Å². The van der Waals surface area contributed by atoms with Gasteiger partial charge in [-0.2, -0.15) is 0 Å². The number of halogens is 2. The Morgan fingerprint density at radius 2 is 1.85 bits per heavy atom. The summed E-state index contributed by atoms with van der Waals surface area (Å²) in [4.78, 5) is 10.9. The lowest BCUT2D eigenvalue weighted by molar-refractivity contribution is 0.627. The monoisotopic (exact) mass is 306 g/mol. The molecule has 20 heavy (non-hydrogen) atoms. The molecule has 0 N–H and O–H groups in total. The molecule has 1 aromatic carbocycles. The van der Waals surface area contributed by atoms with Crippen LogP contribution >= 0.6 is 22.9 Å². The van der Waals surface area contributed by atoms with Crippen LogP contribution in [0, 0.1) is 26.6 Å². The molecule has 0 aliphatic heterocycles. The molecule has 2 nitrogen and oxygen atoms in total. The number of thiophene rings is 1. The van der Waals surface area contributed by atoms with E-state index in [2.05, 4.69) is 9.97 Å². The molecule has 0 unspecified atom stereocenters. The van der Waals surface area contributed by atoms with Crippen molar-refractivity contribution in [3.63, 3.8) is 0 Å². The van der Waals surface area contributed by atoms with E-state index in [0.29, 0.717) is 16.5 Å². The van der Waals surface area contributed by atoms with E-state index in [1.807, 2.05) is 26.8 Å². The fourth-order valence-corrected chi connectivity index (χ4v) is 3.59. The molecular weight excluding hydrogens is 295 g/mol. The average molecular weight is 307 g/mol. The van der Waals surface area contributed by atoms with Gasteiger partial charge >= 0.3 is 0 Å². The van der Waals surface area contributed by atoms with Crippen LogP contribution < -0.4 is 0 Å². The van der Waals surface area contributed by atoms with Gasteiger partial charge in [-0.25, -0.2) is 14.4 Å². The van der Waals surface area contributed by atoms with Crippen molar-refractivity contribution in [3.8, 4) is 11.4 Å². The van der Waals surface area contributed by atoms with Crippen LogP contribution in [0.4, 0.5) is 4.39 Å². The molecule has 0 saturated carbocycles. The van der Waals surface area contributed by atoms with Crippen LogP contribution in [0.1, 0.15) is 16.0 Å². The first-order valence-corrected chi connectivity index (χ1v) is 7.36. The van der Waals surface area contributed by atoms with Crippen molar-refractivity contribution >= 4 is 33.2 Å². The maximum Gasteiger partial charge on any atom is 0.162 e. The van der Waals surface area contributed by atoms with Crippen molar-refractivity contribution in [2.24, 2.45) is 0 Å². The van der Waals surface area contributed by atoms with Crippen molar-refractivity contribution in [1.82, 2.24) is 9.97 Å². The van der Waals surface area contributed by atoms with Crippen molar-refractivity contribution < 1.29 is 4.39 Å². The van der Waals surface area contributed by atoms with Gasteiger partial charge in [0.25, 0.3) is 0 Å². The van der Waals surface area contributed by atoms with E-state index in [9.17, 15) is 4.39 Å². The molecule has 0 aliphatic carbocycles. The number of hydrogen-bond donors (Lipinski definition) is 0.